The molecule has 0 atom stereocenters. The number of aromatic amines is 1. The van der Waals surface area contributed by atoms with Gasteiger partial charge in [-0.1, -0.05) is 0 Å². The number of nitrogens with one attached hydrogen (secondary N) is 4. The van der Waals surface area contributed by atoms with Crippen molar-refractivity contribution < 1.29 is 17.2 Å². The predicted octanol–water partition coefficient (Wildman–Crippen LogP) is 4.00. The largest absolute Gasteiger partial charge is 0.368 e. The fraction of sp³-hybridized carbons (Fsp3) is 0.150. The quantitative estimate of drug-likeness (QED) is 0.329. The van der Waals surface area contributed by atoms with E-state index in [9.17, 15) is 17.2 Å². The summed E-state index contributed by atoms with van der Waals surface area (Å²) in [5.74, 6) is -1.40. The van der Waals surface area contributed by atoms with Crippen LogP contribution in [0.15, 0.2) is 53.4 Å². The van der Waals surface area contributed by atoms with Gasteiger partial charge in [-0.25, -0.2) is 22.2 Å². The van der Waals surface area contributed by atoms with Crippen LogP contribution in [0.4, 0.5) is 31.8 Å². The second-order valence-corrected chi connectivity index (χ2v) is 8.87. The smallest absolute Gasteiger partial charge is 0.264 e. The molecule has 32 heavy (non-hydrogen) atoms. The molecule has 0 aliphatic rings. The standard InChI is InChI=1S/C20H19F2N7O2S/c1-11(2)23-19-8-6-16(28-32(30,31)18-7-3-12(21)9-14(18)22)20(25-19)24-13-4-5-15-17(10-13)27-29-26-15/h3-11,28H,1-2H3,(H2,23,24,25)(H,26,27,29). The van der Waals surface area contributed by atoms with Crippen molar-refractivity contribution in [3.63, 3.8) is 0 Å². The molecule has 0 bridgehead atoms. The van der Waals surface area contributed by atoms with Crippen LogP contribution in [0.2, 0.25) is 0 Å². The molecule has 2 aromatic carbocycles. The van der Waals surface area contributed by atoms with Gasteiger partial charge in [0, 0.05) is 17.8 Å². The number of hydrogen-bond donors (Lipinski definition) is 4. The van der Waals surface area contributed by atoms with E-state index in [1.165, 1.54) is 6.07 Å². The molecule has 0 amide bonds. The molecular formula is C20H19F2N7O2S. The lowest BCUT2D eigenvalue weighted by atomic mass is 10.2. The van der Waals surface area contributed by atoms with Crippen LogP contribution < -0.4 is 15.4 Å². The zero-order chi connectivity index (χ0) is 22.9. The van der Waals surface area contributed by atoms with Gasteiger partial charge in [-0.3, -0.25) is 4.72 Å². The van der Waals surface area contributed by atoms with Crippen molar-refractivity contribution >= 4 is 44.1 Å². The van der Waals surface area contributed by atoms with Crippen molar-refractivity contribution in [3.8, 4) is 0 Å². The van der Waals surface area contributed by atoms with Crippen LogP contribution in [0.3, 0.4) is 0 Å². The second kappa shape index (κ2) is 8.38. The highest BCUT2D eigenvalue weighted by molar-refractivity contribution is 7.92. The number of nitrogens with zero attached hydrogens (tertiary/aromatic N) is 3. The maximum atomic E-state index is 14.1. The lowest BCUT2D eigenvalue weighted by Gasteiger charge is -2.16. The molecule has 166 valence electrons. The lowest BCUT2D eigenvalue weighted by molar-refractivity contribution is 0.551. The zero-order valence-corrected chi connectivity index (χ0v) is 17.8. The van der Waals surface area contributed by atoms with Crippen LogP contribution >= 0.6 is 0 Å². The fourth-order valence-electron chi connectivity index (χ4n) is 2.96. The highest BCUT2D eigenvalue weighted by Gasteiger charge is 2.22. The lowest BCUT2D eigenvalue weighted by Crippen LogP contribution is -2.17. The Kier molecular flexibility index (Phi) is 5.61. The van der Waals surface area contributed by atoms with E-state index in [1.54, 1.807) is 24.3 Å². The number of sulfonamides is 1. The Hall–Kier alpha value is -3.80. The van der Waals surface area contributed by atoms with Crippen molar-refractivity contribution in [1.29, 1.82) is 0 Å². The zero-order valence-electron chi connectivity index (χ0n) is 17.0. The number of fused-ring (bicyclic) bond motifs is 1. The van der Waals surface area contributed by atoms with Gasteiger partial charge in [-0.05, 0) is 56.3 Å². The summed E-state index contributed by atoms with van der Waals surface area (Å²) in [7, 11) is -4.36. The van der Waals surface area contributed by atoms with Crippen LogP contribution in [0, 0.1) is 11.6 Å². The van der Waals surface area contributed by atoms with Crippen molar-refractivity contribution in [1.82, 2.24) is 20.4 Å². The summed E-state index contributed by atoms with van der Waals surface area (Å²) < 4.78 is 55.2. The Bertz CT molecular complexity index is 1390. The molecule has 4 rings (SSSR count). The van der Waals surface area contributed by atoms with Crippen molar-refractivity contribution in [2.45, 2.75) is 24.8 Å². The average Bonchev–Trinajstić information content (AvgIpc) is 3.17. The first-order valence-electron chi connectivity index (χ1n) is 9.54. The molecule has 2 heterocycles. The molecule has 12 heteroatoms. The van der Waals surface area contributed by atoms with Crippen molar-refractivity contribution in [2.75, 3.05) is 15.4 Å². The molecule has 0 aliphatic carbocycles. The van der Waals surface area contributed by atoms with E-state index >= 15 is 0 Å². The molecule has 0 saturated carbocycles. The van der Waals surface area contributed by atoms with Crippen LogP contribution in [0.25, 0.3) is 11.0 Å². The number of H-pyrrole nitrogens is 1. The number of aromatic nitrogens is 4. The molecule has 0 aliphatic heterocycles. The molecule has 4 aromatic rings. The molecule has 2 aromatic heterocycles. The second-order valence-electron chi connectivity index (χ2n) is 7.22. The van der Waals surface area contributed by atoms with Crippen LogP contribution in [-0.2, 0) is 10.0 Å². The minimum atomic E-state index is -4.36. The number of hydrogen-bond acceptors (Lipinski definition) is 7. The fourth-order valence-corrected chi connectivity index (χ4v) is 4.09. The number of benzene rings is 2. The summed E-state index contributed by atoms with van der Waals surface area (Å²) in [6.07, 6.45) is 0. The minimum Gasteiger partial charge on any atom is -0.368 e. The minimum absolute atomic E-state index is 0.0725. The number of rotatable bonds is 7. The van der Waals surface area contributed by atoms with Gasteiger partial charge in [0.15, 0.2) is 5.82 Å². The number of anilines is 4. The summed E-state index contributed by atoms with van der Waals surface area (Å²) in [6.45, 7) is 3.86. The van der Waals surface area contributed by atoms with Gasteiger partial charge in [0.25, 0.3) is 10.0 Å². The molecule has 0 saturated heterocycles. The van der Waals surface area contributed by atoms with Crippen molar-refractivity contribution in [2.24, 2.45) is 0 Å². The van der Waals surface area contributed by atoms with Gasteiger partial charge in [-0.2, -0.15) is 15.4 Å². The molecule has 9 nitrogen and oxygen atoms in total. The van der Waals surface area contributed by atoms with Gasteiger partial charge >= 0.3 is 0 Å². The van der Waals surface area contributed by atoms with Crippen molar-refractivity contribution in [3.05, 3.63) is 60.2 Å². The summed E-state index contributed by atoms with van der Waals surface area (Å²) in [5, 5.41) is 16.7. The molecular weight excluding hydrogens is 440 g/mol. The normalized spacial score (nSPS) is 11.7. The van der Waals surface area contributed by atoms with Crippen LogP contribution in [0.5, 0.6) is 0 Å². The van der Waals surface area contributed by atoms with E-state index in [0.29, 0.717) is 28.6 Å². The first-order chi connectivity index (χ1) is 15.2. The Morgan fingerprint density at radius 3 is 2.50 bits per heavy atom. The maximum absolute atomic E-state index is 14.1. The SMILES string of the molecule is CC(C)Nc1ccc(NS(=O)(=O)c2ccc(F)cc2F)c(Nc2ccc3n[nH]nc3c2)n1. The van der Waals surface area contributed by atoms with E-state index in [4.69, 9.17) is 0 Å². The van der Waals surface area contributed by atoms with E-state index in [0.717, 1.165) is 12.1 Å². The first-order valence-corrected chi connectivity index (χ1v) is 11.0. The summed E-state index contributed by atoms with van der Waals surface area (Å²) in [4.78, 5) is 3.76. The van der Waals surface area contributed by atoms with Crippen LogP contribution in [0.1, 0.15) is 13.8 Å². The van der Waals surface area contributed by atoms with Gasteiger partial charge < -0.3 is 10.6 Å². The molecule has 0 radical (unpaired) electrons. The topological polar surface area (TPSA) is 125 Å². The molecule has 0 fully saturated rings. The summed E-state index contributed by atoms with van der Waals surface area (Å²) >= 11 is 0. The third kappa shape index (κ3) is 4.59. The van der Waals surface area contributed by atoms with Crippen LogP contribution in [-0.4, -0.2) is 34.9 Å². The van der Waals surface area contributed by atoms with Gasteiger partial charge in [0.2, 0.25) is 0 Å². The Morgan fingerprint density at radius 2 is 1.75 bits per heavy atom. The monoisotopic (exact) mass is 459 g/mol. The van der Waals surface area contributed by atoms with E-state index in [-0.39, 0.29) is 17.5 Å². The van der Waals surface area contributed by atoms with Gasteiger partial charge in [0.05, 0.1) is 5.69 Å². The third-order valence-electron chi connectivity index (χ3n) is 4.34. The average molecular weight is 459 g/mol. The third-order valence-corrected chi connectivity index (χ3v) is 5.74. The Morgan fingerprint density at radius 1 is 0.969 bits per heavy atom. The summed E-state index contributed by atoms with van der Waals surface area (Å²) in [5.41, 5.74) is 1.91. The number of halogens is 2. The van der Waals surface area contributed by atoms with E-state index < -0.39 is 26.6 Å². The first kappa shape index (κ1) is 21.4. The maximum Gasteiger partial charge on any atom is 0.264 e. The Balaban J connectivity index is 1.71. The highest BCUT2D eigenvalue weighted by atomic mass is 32.2. The molecule has 4 N–H and O–H groups in total. The summed E-state index contributed by atoms with van der Waals surface area (Å²) in [6, 6.07) is 10.6. The number of pyridine rings is 1. The Labute approximate surface area is 182 Å². The molecule has 0 spiro atoms. The predicted molar refractivity (Wildman–Crippen MR) is 117 cm³/mol. The van der Waals surface area contributed by atoms with E-state index in [2.05, 4.69) is 35.8 Å². The van der Waals surface area contributed by atoms with Gasteiger partial charge in [-0.15, -0.1) is 0 Å². The van der Waals surface area contributed by atoms with Gasteiger partial charge in [0.1, 0.15) is 33.4 Å². The highest BCUT2D eigenvalue weighted by Crippen LogP contribution is 2.29. The van der Waals surface area contributed by atoms with E-state index in [1.807, 2.05) is 13.8 Å². The molecule has 0 unspecified atom stereocenters.